The average molecular weight is 549 g/mol. The minimum atomic E-state index is -0.387. The molecule has 0 aliphatic heterocycles. The molecule has 1 aromatic carbocycles. The maximum Gasteiger partial charge on any atom is 0.274 e. The number of anilines is 3. The highest BCUT2D eigenvalue weighted by Gasteiger charge is 2.16. The molecule has 0 atom stereocenters. The maximum atomic E-state index is 13.0. The Morgan fingerprint density at radius 1 is 1.00 bits per heavy atom. The van der Waals surface area contributed by atoms with Gasteiger partial charge in [0.2, 0.25) is 0 Å². The van der Waals surface area contributed by atoms with Gasteiger partial charge in [0.25, 0.3) is 5.91 Å². The number of aromatic nitrogens is 1. The Kier molecular flexibility index (Phi) is 10.5. The van der Waals surface area contributed by atoms with Crippen LogP contribution >= 0.6 is 11.3 Å². The zero-order valence-electron chi connectivity index (χ0n) is 23.6. The van der Waals surface area contributed by atoms with Gasteiger partial charge in [-0.2, -0.15) is 11.3 Å². The van der Waals surface area contributed by atoms with Gasteiger partial charge in [0, 0.05) is 24.7 Å². The molecule has 0 radical (unpaired) electrons. The lowest BCUT2D eigenvalue weighted by Gasteiger charge is -2.28. The van der Waals surface area contributed by atoms with Gasteiger partial charge in [-0.1, -0.05) is 24.8 Å². The smallest absolute Gasteiger partial charge is 0.274 e. The molecule has 2 heterocycles. The van der Waals surface area contributed by atoms with Crippen molar-refractivity contribution in [2.75, 3.05) is 43.1 Å². The first kappa shape index (κ1) is 29.7. The summed E-state index contributed by atoms with van der Waals surface area (Å²) in [6, 6.07) is 13.1. The van der Waals surface area contributed by atoms with E-state index in [1.165, 1.54) is 0 Å². The van der Waals surface area contributed by atoms with Crippen LogP contribution < -0.4 is 16.0 Å². The fourth-order valence-electron chi connectivity index (χ4n) is 3.77. The number of thiophene rings is 1. The third-order valence-corrected chi connectivity index (χ3v) is 6.22. The van der Waals surface area contributed by atoms with Gasteiger partial charge in [-0.15, -0.1) is 0 Å². The van der Waals surface area contributed by atoms with E-state index in [2.05, 4.69) is 63.4 Å². The molecule has 8 nitrogen and oxygen atoms in total. The number of amides is 1. The van der Waals surface area contributed by atoms with Crippen molar-refractivity contribution in [2.24, 2.45) is 0 Å². The number of carbonyl (C=O) groups excluding carboxylic acids is 1. The van der Waals surface area contributed by atoms with E-state index >= 15 is 0 Å². The summed E-state index contributed by atoms with van der Waals surface area (Å²) < 4.78 is 5.77. The second-order valence-electron chi connectivity index (χ2n) is 10.5. The van der Waals surface area contributed by atoms with Crippen molar-refractivity contribution < 1.29 is 9.53 Å². The number of para-hydroxylation sites is 2. The molecule has 0 spiro atoms. The van der Waals surface area contributed by atoms with Crippen LogP contribution in [0.15, 0.2) is 84.3 Å². The number of hydrogen-bond donors (Lipinski definition) is 3. The van der Waals surface area contributed by atoms with Crippen molar-refractivity contribution >= 4 is 34.3 Å². The van der Waals surface area contributed by atoms with Crippen LogP contribution in [0.2, 0.25) is 0 Å². The van der Waals surface area contributed by atoms with Gasteiger partial charge in [0.15, 0.2) is 5.88 Å². The summed E-state index contributed by atoms with van der Waals surface area (Å²) in [6.07, 6.45) is 2.74. The zero-order chi connectivity index (χ0) is 28.4. The van der Waals surface area contributed by atoms with Crippen molar-refractivity contribution in [1.29, 1.82) is 0 Å². The Hall–Kier alpha value is -3.82. The average Bonchev–Trinajstić information content (AvgIpc) is 3.36. The van der Waals surface area contributed by atoms with E-state index in [9.17, 15) is 4.79 Å². The van der Waals surface area contributed by atoms with Crippen molar-refractivity contribution in [3.05, 3.63) is 95.5 Å². The summed E-state index contributed by atoms with van der Waals surface area (Å²) in [5.41, 5.74) is 3.24. The first-order valence-corrected chi connectivity index (χ1v) is 13.8. The molecule has 1 amide bonds. The zero-order valence-corrected chi connectivity index (χ0v) is 24.4. The molecule has 3 N–H and O–H groups in total. The fourth-order valence-corrected chi connectivity index (χ4v) is 4.36. The topological polar surface area (TPSA) is 81.8 Å². The summed E-state index contributed by atoms with van der Waals surface area (Å²) in [4.78, 5) is 21.8. The number of nitrogens with zero attached hydrogens (tertiary/aromatic N) is 3. The van der Waals surface area contributed by atoms with Gasteiger partial charge in [-0.25, -0.2) is 0 Å². The van der Waals surface area contributed by atoms with E-state index in [-0.39, 0.29) is 11.5 Å². The number of pyridine rings is 1. The Morgan fingerprint density at radius 3 is 2.31 bits per heavy atom. The highest BCUT2D eigenvalue weighted by atomic mass is 32.1. The first-order valence-electron chi connectivity index (χ1n) is 12.9. The molecule has 0 aliphatic carbocycles. The predicted molar refractivity (Wildman–Crippen MR) is 163 cm³/mol. The SMILES string of the molecule is C=C(Nc1ccccc1NC(=O)c1ccc(CN(CCCN(C)C)C(=C)Nc2ccsc2)cn1)OC(C)(C)C. The van der Waals surface area contributed by atoms with E-state index in [4.69, 9.17) is 4.74 Å². The van der Waals surface area contributed by atoms with Crippen molar-refractivity contribution in [2.45, 2.75) is 39.3 Å². The van der Waals surface area contributed by atoms with Gasteiger partial charge in [0.1, 0.15) is 11.3 Å². The molecule has 0 unspecified atom stereocenters. The largest absolute Gasteiger partial charge is 0.474 e. The van der Waals surface area contributed by atoms with E-state index in [0.29, 0.717) is 29.5 Å². The van der Waals surface area contributed by atoms with Crippen LogP contribution in [-0.2, 0) is 11.3 Å². The van der Waals surface area contributed by atoms with E-state index in [0.717, 1.165) is 36.6 Å². The van der Waals surface area contributed by atoms with Crippen LogP contribution in [0.3, 0.4) is 0 Å². The summed E-state index contributed by atoms with van der Waals surface area (Å²) in [5, 5.41) is 13.5. The molecule has 9 heteroatoms. The van der Waals surface area contributed by atoms with Gasteiger partial charge >= 0.3 is 0 Å². The predicted octanol–water partition coefficient (Wildman–Crippen LogP) is 6.43. The number of benzene rings is 1. The Balaban J connectivity index is 1.65. The van der Waals surface area contributed by atoms with Gasteiger partial charge < -0.3 is 30.5 Å². The molecule has 0 fully saturated rings. The number of rotatable bonds is 14. The molecular weight excluding hydrogens is 508 g/mol. The van der Waals surface area contributed by atoms with Crippen LogP contribution in [0.4, 0.5) is 17.1 Å². The highest BCUT2D eigenvalue weighted by Crippen LogP contribution is 2.25. The van der Waals surface area contributed by atoms with Crippen LogP contribution in [0.25, 0.3) is 0 Å². The molecule has 0 saturated carbocycles. The van der Waals surface area contributed by atoms with E-state index in [1.54, 1.807) is 23.6 Å². The molecule has 3 rings (SSSR count). The van der Waals surface area contributed by atoms with E-state index < -0.39 is 0 Å². The minimum absolute atomic E-state index is 0.301. The molecule has 39 heavy (non-hydrogen) atoms. The number of ether oxygens (including phenoxy) is 1. The standard InChI is InChI=1S/C30H40N6O2S/c1-22(32-25-15-18-39-21-25)36(17-10-16-35(6)7)20-24-13-14-28(31-19-24)29(37)34-27-12-9-8-11-26(27)33-23(2)38-30(3,4)5/h8-9,11-15,18-19,21,32-33H,1-2,10,16-17,20H2,3-7H3,(H,34,37). The van der Waals surface area contributed by atoms with Crippen LogP contribution in [0.5, 0.6) is 0 Å². The van der Waals surface area contributed by atoms with Crippen LogP contribution in [0, 0.1) is 0 Å². The van der Waals surface area contributed by atoms with Gasteiger partial charge in [0.05, 0.1) is 22.9 Å². The first-order chi connectivity index (χ1) is 18.5. The third-order valence-electron chi connectivity index (χ3n) is 5.53. The molecular formula is C30H40N6O2S. The molecule has 0 bridgehead atoms. The third kappa shape index (κ3) is 10.1. The fraction of sp³-hybridized carbons (Fsp3) is 0.333. The normalized spacial score (nSPS) is 11.1. The Bertz CT molecular complexity index is 1230. The van der Waals surface area contributed by atoms with Gasteiger partial charge in [-0.3, -0.25) is 9.78 Å². The number of nitrogens with one attached hydrogen (secondary N) is 3. The Labute approximate surface area is 236 Å². The Morgan fingerprint density at radius 2 is 1.72 bits per heavy atom. The highest BCUT2D eigenvalue weighted by molar-refractivity contribution is 7.08. The summed E-state index contributed by atoms with van der Waals surface area (Å²) in [5.74, 6) is 0.927. The lowest BCUT2D eigenvalue weighted by atomic mass is 10.2. The molecule has 3 aromatic rings. The second-order valence-corrected chi connectivity index (χ2v) is 11.3. The van der Waals surface area contributed by atoms with Crippen molar-refractivity contribution in [3.63, 3.8) is 0 Å². The molecule has 2 aromatic heterocycles. The minimum Gasteiger partial charge on any atom is -0.474 e. The summed E-state index contributed by atoms with van der Waals surface area (Å²) in [7, 11) is 4.14. The monoisotopic (exact) mass is 548 g/mol. The van der Waals surface area contributed by atoms with Crippen LogP contribution in [0.1, 0.15) is 43.2 Å². The van der Waals surface area contributed by atoms with E-state index in [1.807, 2.05) is 62.5 Å². The lowest BCUT2D eigenvalue weighted by molar-refractivity contribution is 0.0565. The maximum absolute atomic E-state index is 13.0. The van der Waals surface area contributed by atoms with Crippen molar-refractivity contribution in [1.82, 2.24) is 14.8 Å². The summed E-state index contributed by atoms with van der Waals surface area (Å²) in [6.45, 7) is 16.5. The summed E-state index contributed by atoms with van der Waals surface area (Å²) >= 11 is 1.64. The number of carbonyl (C=O) groups is 1. The second kappa shape index (κ2) is 13.8. The van der Waals surface area contributed by atoms with Crippen LogP contribution in [-0.4, -0.2) is 53.5 Å². The molecule has 0 aliphatic rings. The quantitative estimate of drug-likeness (QED) is 0.200. The lowest BCUT2D eigenvalue weighted by Crippen LogP contribution is -2.29. The number of hydrogen-bond acceptors (Lipinski definition) is 8. The molecule has 208 valence electrons. The van der Waals surface area contributed by atoms with Crippen molar-refractivity contribution in [3.8, 4) is 0 Å². The molecule has 0 saturated heterocycles. The van der Waals surface area contributed by atoms with Gasteiger partial charge in [-0.05, 0) is 89.6 Å².